The Morgan fingerprint density at radius 1 is 1.26 bits per heavy atom. The molecule has 0 saturated carbocycles. The number of ether oxygens (including phenoxy) is 2. The van der Waals surface area contributed by atoms with Crippen molar-refractivity contribution >= 4 is 39.4 Å². The molecule has 0 aromatic heterocycles. The minimum atomic E-state index is -1.37. The molecular formula is C28H29BrN2O7. The number of carbonyl (C=O) groups is 3. The second-order valence-electron chi connectivity index (χ2n) is 9.79. The maximum Gasteiger partial charge on any atom is 0.310 e. The van der Waals surface area contributed by atoms with E-state index in [4.69, 9.17) is 9.47 Å². The molecule has 2 aromatic carbocycles. The molecule has 2 amide bonds. The van der Waals surface area contributed by atoms with Crippen molar-refractivity contribution in [3.05, 3.63) is 72.8 Å². The summed E-state index contributed by atoms with van der Waals surface area (Å²) >= 11 is 3.56. The highest BCUT2D eigenvalue weighted by Crippen LogP contribution is 2.61. The van der Waals surface area contributed by atoms with E-state index >= 15 is 0 Å². The third kappa shape index (κ3) is 3.93. The Hall–Kier alpha value is -3.21. The molecule has 200 valence electrons. The molecule has 38 heavy (non-hydrogen) atoms. The SMILES string of the molecule is C=CCN(C(=O)[C@@H]1N([C@H](CO)c2ccccc2)C(=O)[C@H]2[C@H](C(=O)O)[C@H]3O[C@@]12CC3Br)c1ccc(OC)cc1. The Kier molecular flexibility index (Phi) is 7.06. The molecule has 10 heteroatoms. The fourth-order valence-electron chi connectivity index (χ4n) is 6.36. The van der Waals surface area contributed by atoms with Crippen molar-refractivity contribution in [3.63, 3.8) is 0 Å². The van der Waals surface area contributed by atoms with Crippen molar-refractivity contribution in [2.24, 2.45) is 11.8 Å². The number of amides is 2. The van der Waals surface area contributed by atoms with Crippen LogP contribution in [-0.4, -0.2) is 75.7 Å². The number of aliphatic hydroxyl groups is 1. The summed E-state index contributed by atoms with van der Waals surface area (Å²) < 4.78 is 11.6. The monoisotopic (exact) mass is 584 g/mol. The number of methoxy groups -OCH3 is 1. The molecule has 0 aliphatic carbocycles. The average Bonchev–Trinajstić information content (AvgIpc) is 3.52. The first-order chi connectivity index (χ1) is 18.3. The van der Waals surface area contributed by atoms with Gasteiger partial charge in [-0.25, -0.2) is 0 Å². The van der Waals surface area contributed by atoms with Crippen molar-refractivity contribution in [2.45, 2.75) is 35.0 Å². The lowest BCUT2D eigenvalue weighted by molar-refractivity contribution is -0.151. The highest BCUT2D eigenvalue weighted by molar-refractivity contribution is 9.09. The lowest BCUT2D eigenvalue weighted by Gasteiger charge is -2.39. The first-order valence-electron chi connectivity index (χ1n) is 12.4. The summed E-state index contributed by atoms with van der Waals surface area (Å²) in [6.45, 7) is 3.49. The number of carbonyl (C=O) groups excluding carboxylic acids is 2. The highest BCUT2D eigenvalue weighted by atomic mass is 79.9. The van der Waals surface area contributed by atoms with Crippen LogP contribution >= 0.6 is 15.9 Å². The lowest BCUT2D eigenvalue weighted by Crippen LogP contribution is -2.57. The van der Waals surface area contributed by atoms with E-state index < -0.39 is 60.0 Å². The normalized spacial score (nSPS) is 30.1. The maximum absolute atomic E-state index is 14.5. The Labute approximate surface area is 228 Å². The molecule has 3 fully saturated rings. The van der Waals surface area contributed by atoms with Gasteiger partial charge in [0.1, 0.15) is 17.4 Å². The van der Waals surface area contributed by atoms with Crippen LogP contribution in [0, 0.1) is 11.8 Å². The van der Waals surface area contributed by atoms with Gasteiger partial charge in [-0.15, -0.1) is 6.58 Å². The van der Waals surface area contributed by atoms with Gasteiger partial charge in [-0.3, -0.25) is 14.4 Å². The van der Waals surface area contributed by atoms with E-state index in [1.165, 1.54) is 9.80 Å². The number of anilines is 1. The van der Waals surface area contributed by atoms with Crippen LogP contribution < -0.4 is 9.64 Å². The number of nitrogens with zero attached hydrogens (tertiary/aromatic N) is 2. The van der Waals surface area contributed by atoms with Crippen LogP contribution in [-0.2, 0) is 19.1 Å². The van der Waals surface area contributed by atoms with Gasteiger partial charge in [0.15, 0.2) is 0 Å². The topological polar surface area (TPSA) is 117 Å². The van der Waals surface area contributed by atoms with Crippen molar-refractivity contribution < 1.29 is 34.1 Å². The van der Waals surface area contributed by atoms with Crippen LogP contribution in [0.3, 0.4) is 0 Å². The maximum atomic E-state index is 14.5. The second kappa shape index (κ2) is 10.2. The summed E-state index contributed by atoms with van der Waals surface area (Å²) in [4.78, 5) is 43.6. The number of halogens is 1. The van der Waals surface area contributed by atoms with Gasteiger partial charge in [-0.05, 0) is 36.2 Å². The summed E-state index contributed by atoms with van der Waals surface area (Å²) in [7, 11) is 1.55. The van der Waals surface area contributed by atoms with Crippen molar-refractivity contribution in [1.82, 2.24) is 4.90 Å². The summed E-state index contributed by atoms with van der Waals surface area (Å²) in [5.74, 6) is -3.66. The first kappa shape index (κ1) is 26.4. The van der Waals surface area contributed by atoms with E-state index in [0.29, 0.717) is 17.0 Å². The number of alkyl halides is 1. The van der Waals surface area contributed by atoms with Crippen molar-refractivity contribution in [2.75, 3.05) is 25.2 Å². The Bertz CT molecular complexity index is 1240. The number of fused-ring (bicyclic) bond motifs is 1. The number of benzene rings is 2. The van der Waals surface area contributed by atoms with E-state index in [2.05, 4.69) is 22.5 Å². The molecule has 0 radical (unpaired) electrons. The minimum Gasteiger partial charge on any atom is -0.497 e. The smallest absolute Gasteiger partial charge is 0.310 e. The molecule has 2 N–H and O–H groups in total. The fraction of sp³-hybridized carbons (Fsp3) is 0.393. The third-order valence-corrected chi connectivity index (χ3v) is 8.75. The van der Waals surface area contributed by atoms with E-state index in [-0.39, 0.29) is 17.8 Å². The number of aliphatic carboxylic acids is 1. The van der Waals surface area contributed by atoms with E-state index in [0.717, 1.165) is 0 Å². The number of hydrogen-bond acceptors (Lipinski definition) is 6. The van der Waals surface area contributed by atoms with Gasteiger partial charge >= 0.3 is 5.97 Å². The predicted octanol–water partition coefficient (Wildman–Crippen LogP) is 2.78. The van der Waals surface area contributed by atoms with Crippen molar-refractivity contribution in [3.8, 4) is 5.75 Å². The number of likely N-dealkylation sites (tertiary alicyclic amines) is 1. The quantitative estimate of drug-likeness (QED) is 0.344. The molecule has 7 atom stereocenters. The number of carboxylic acid groups (broad SMARTS) is 1. The molecule has 3 aliphatic rings. The molecule has 9 nitrogen and oxygen atoms in total. The van der Waals surface area contributed by atoms with Crippen LogP contribution in [0.2, 0.25) is 0 Å². The van der Waals surface area contributed by atoms with Gasteiger partial charge in [0.25, 0.3) is 5.91 Å². The van der Waals surface area contributed by atoms with Gasteiger partial charge in [-0.2, -0.15) is 0 Å². The van der Waals surface area contributed by atoms with Crippen LogP contribution in [0.5, 0.6) is 5.75 Å². The second-order valence-corrected chi connectivity index (χ2v) is 11.0. The van der Waals surface area contributed by atoms with Crippen LogP contribution in [0.4, 0.5) is 5.69 Å². The summed E-state index contributed by atoms with van der Waals surface area (Å²) in [6.07, 6.45) is 1.11. The van der Waals surface area contributed by atoms with Gasteiger partial charge in [0, 0.05) is 17.1 Å². The number of aliphatic hydroxyl groups excluding tert-OH is 1. The molecule has 2 bridgehead atoms. The molecule has 3 saturated heterocycles. The largest absolute Gasteiger partial charge is 0.497 e. The minimum absolute atomic E-state index is 0.142. The third-order valence-electron chi connectivity index (χ3n) is 7.90. The van der Waals surface area contributed by atoms with E-state index in [9.17, 15) is 24.6 Å². The molecule has 1 spiro atoms. The number of carboxylic acids is 1. The van der Waals surface area contributed by atoms with Gasteiger partial charge in [0.05, 0.1) is 37.7 Å². The lowest BCUT2D eigenvalue weighted by atomic mass is 9.70. The zero-order valence-electron chi connectivity index (χ0n) is 20.8. The average molecular weight is 585 g/mol. The van der Waals surface area contributed by atoms with Crippen molar-refractivity contribution in [1.29, 1.82) is 0 Å². The van der Waals surface area contributed by atoms with Gasteiger partial charge in [0.2, 0.25) is 5.91 Å². The highest BCUT2D eigenvalue weighted by Gasteiger charge is 2.77. The molecular weight excluding hydrogens is 556 g/mol. The standard InChI is InChI=1S/C28H29BrN2O7/c1-3-13-30(17-9-11-18(37-2)12-10-17)26(34)24-28-14-19(29)23(38-28)21(27(35)36)22(28)25(33)31(24)20(15-32)16-7-5-4-6-8-16/h3-12,19-24,32H,1,13-15H2,2H3,(H,35,36)/t19?,20-,21+,22-,23+,24+,28-/m1/s1. The van der Waals surface area contributed by atoms with E-state index in [1.807, 2.05) is 6.07 Å². The molecule has 3 aliphatic heterocycles. The molecule has 3 heterocycles. The Morgan fingerprint density at radius 2 is 1.95 bits per heavy atom. The Balaban J connectivity index is 1.65. The first-order valence-corrected chi connectivity index (χ1v) is 13.3. The van der Waals surface area contributed by atoms with E-state index in [1.54, 1.807) is 61.7 Å². The number of rotatable bonds is 9. The summed E-state index contributed by atoms with van der Waals surface area (Å²) in [5.41, 5.74) is -0.181. The Morgan fingerprint density at radius 3 is 2.53 bits per heavy atom. The number of hydrogen-bond donors (Lipinski definition) is 2. The molecule has 2 aromatic rings. The van der Waals surface area contributed by atoms with Crippen LogP contribution in [0.25, 0.3) is 0 Å². The zero-order valence-corrected chi connectivity index (χ0v) is 22.4. The molecule has 5 rings (SSSR count). The predicted molar refractivity (Wildman–Crippen MR) is 142 cm³/mol. The summed E-state index contributed by atoms with van der Waals surface area (Å²) in [5, 5.41) is 20.6. The molecule has 1 unspecified atom stereocenters. The van der Waals surface area contributed by atoms with Gasteiger partial charge < -0.3 is 29.5 Å². The summed E-state index contributed by atoms with van der Waals surface area (Å²) in [6, 6.07) is 13.8. The fourth-order valence-corrected chi connectivity index (χ4v) is 7.30. The van der Waals surface area contributed by atoms with Crippen LogP contribution in [0.15, 0.2) is 67.3 Å². The zero-order chi connectivity index (χ0) is 27.2. The van der Waals surface area contributed by atoms with Gasteiger partial charge in [-0.1, -0.05) is 52.3 Å². The van der Waals surface area contributed by atoms with Crippen LogP contribution in [0.1, 0.15) is 18.0 Å².